The lowest BCUT2D eigenvalue weighted by atomic mass is 10.1. The third-order valence-corrected chi connectivity index (χ3v) is 4.15. The summed E-state index contributed by atoms with van der Waals surface area (Å²) < 4.78 is 5.04. The highest BCUT2D eigenvalue weighted by molar-refractivity contribution is 5.87. The molecule has 1 aliphatic heterocycles. The van der Waals surface area contributed by atoms with Crippen molar-refractivity contribution in [3.63, 3.8) is 0 Å². The third-order valence-electron chi connectivity index (χ3n) is 4.15. The van der Waals surface area contributed by atoms with Crippen molar-refractivity contribution < 1.29 is 14.3 Å². The van der Waals surface area contributed by atoms with E-state index in [1.807, 2.05) is 18.2 Å². The van der Waals surface area contributed by atoms with Crippen molar-refractivity contribution in [3.05, 3.63) is 65.5 Å². The molecule has 0 radical (unpaired) electrons. The van der Waals surface area contributed by atoms with Crippen LogP contribution in [0.4, 0.5) is 4.79 Å². The molecule has 2 heterocycles. The number of rotatable bonds is 6. The van der Waals surface area contributed by atoms with Crippen LogP contribution in [0.15, 0.2) is 48.8 Å². The predicted molar refractivity (Wildman–Crippen MR) is 92.8 cm³/mol. The first-order valence-electron chi connectivity index (χ1n) is 8.26. The highest BCUT2D eigenvalue weighted by Crippen LogP contribution is 2.17. The second kappa shape index (κ2) is 8.12. The zero-order chi connectivity index (χ0) is 18.4. The quantitative estimate of drug-likeness (QED) is 0.854. The van der Waals surface area contributed by atoms with E-state index in [0.29, 0.717) is 18.5 Å². The molecule has 1 fully saturated rings. The van der Waals surface area contributed by atoms with Gasteiger partial charge in [0.15, 0.2) is 0 Å². The number of carbonyl (C=O) groups is 2. The zero-order valence-corrected chi connectivity index (χ0v) is 14.1. The molecule has 7 heteroatoms. The molecule has 0 spiro atoms. The lowest BCUT2D eigenvalue weighted by molar-refractivity contribution is -0.124. The number of amides is 2. The van der Waals surface area contributed by atoms with Crippen molar-refractivity contribution in [2.75, 3.05) is 13.2 Å². The number of carbonyl (C=O) groups excluding carboxylic acids is 2. The average Bonchev–Trinajstić information content (AvgIpc) is 3.04. The SMILES string of the molecule is N#Cc1ccc(CN2C(=O)OC[C@H]2C(=O)NCCc2cccnc2)cc1. The standard InChI is InChI=1S/C19H18N4O3/c20-10-14-3-5-16(6-4-14)12-23-17(13-26-19(23)25)18(24)22-9-7-15-2-1-8-21-11-15/h1-6,8,11,17H,7,9,12-13H2,(H,22,24)/t17-/m0/s1. The van der Waals surface area contributed by atoms with Crippen molar-refractivity contribution >= 4 is 12.0 Å². The highest BCUT2D eigenvalue weighted by Gasteiger charge is 2.37. The molecule has 3 rings (SSSR count). The number of hydrogen-bond acceptors (Lipinski definition) is 5. The van der Waals surface area contributed by atoms with Crippen LogP contribution in [-0.2, 0) is 22.5 Å². The molecule has 1 N–H and O–H groups in total. The van der Waals surface area contributed by atoms with Gasteiger partial charge in [0.25, 0.3) is 0 Å². The number of pyridine rings is 1. The van der Waals surface area contributed by atoms with E-state index in [2.05, 4.69) is 10.3 Å². The van der Waals surface area contributed by atoms with Crippen LogP contribution in [0.3, 0.4) is 0 Å². The van der Waals surface area contributed by atoms with E-state index in [-0.39, 0.29) is 19.1 Å². The Kier molecular flexibility index (Phi) is 5.44. The number of nitrogens with one attached hydrogen (secondary N) is 1. The maximum Gasteiger partial charge on any atom is 0.410 e. The maximum atomic E-state index is 12.4. The smallest absolute Gasteiger partial charge is 0.410 e. The van der Waals surface area contributed by atoms with Crippen LogP contribution >= 0.6 is 0 Å². The normalized spacial score (nSPS) is 16.0. The summed E-state index contributed by atoms with van der Waals surface area (Å²) in [4.78, 5) is 29.9. The van der Waals surface area contributed by atoms with Crippen molar-refractivity contribution in [2.45, 2.75) is 19.0 Å². The van der Waals surface area contributed by atoms with Gasteiger partial charge < -0.3 is 10.1 Å². The predicted octanol–water partition coefficient (Wildman–Crippen LogP) is 1.63. The molecule has 132 valence electrons. The van der Waals surface area contributed by atoms with Crippen LogP contribution in [-0.4, -0.2) is 41.1 Å². The van der Waals surface area contributed by atoms with Gasteiger partial charge >= 0.3 is 6.09 Å². The topological polar surface area (TPSA) is 95.3 Å². The fourth-order valence-electron chi connectivity index (χ4n) is 2.72. The Morgan fingerprint density at radius 3 is 2.81 bits per heavy atom. The Morgan fingerprint density at radius 2 is 2.12 bits per heavy atom. The van der Waals surface area contributed by atoms with Crippen molar-refractivity contribution in [1.82, 2.24) is 15.2 Å². The molecule has 0 bridgehead atoms. The molecule has 0 saturated carbocycles. The van der Waals surface area contributed by atoms with E-state index in [9.17, 15) is 9.59 Å². The number of nitrogens with zero attached hydrogens (tertiary/aromatic N) is 3. The molecule has 1 saturated heterocycles. The van der Waals surface area contributed by atoms with Gasteiger partial charge in [-0.3, -0.25) is 14.7 Å². The Bertz CT molecular complexity index is 815. The van der Waals surface area contributed by atoms with Crippen LogP contribution in [0, 0.1) is 11.3 Å². The molecule has 1 aliphatic rings. The Labute approximate surface area is 151 Å². The minimum atomic E-state index is -0.660. The van der Waals surface area contributed by atoms with Crippen LogP contribution in [0.1, 0.15) is 16.7 Å². The fraction of sp³-hybridized carbons (Fsp3) is 0.263. The number of hydrogen-bond donors (Lipinski definition) is 1. The van der Waals surface area contributed by atoms with Gasteiger partial charge in [0.2, 0.25) is 5.91 Å². The second-order valence-corrected chi connectivity index (χ2v) is 5.93. The zero-order valence-electron chi connectivity index (χ0n) is 14.1. The van der Waals surface area contributed by atoms with E-state index < -0.39 is 12.1 Å². The van der Waals surface area contributed by atoms with Crippen LogP contribution in [0.2, 0.25) is 0 Å². The summed E-state index contributed by atoms with van der Waals surface area (Å²) >= 11 is 0. The van der Waals surface area contributed by atoms with E-state index in [0.717, 1.165) is 11.1 Å². The molecule has 2 aromatic rings. The van der Waals surface area contributed by atoms with Gasteiger partial charge in [-0.15, -0.1) is 0 Å². The van der Waals surface area contributed by atoms with Gasteiger partial charge in [-0.1, -0.05) is 18.2 Å². The highest BCUT2D eigenvalue weighted by atomic mass is 16.6. The van der Waals surface area contributed by atoms with Crippen LogP contribution in [0.25, 0.3) is 0 Å². The van der Waals surface area contributed by atoms with Gasteiger partial charge in [-0.2, -0.15) is 5.26 Å². The first-order valence-corrected chi connectivity index (χ1v) is 8.26. The van der Waals surface area contributed by atoms with Gasteiger partial charge in [-0.05, 0) is 35.7 Å². The molecular formula is C19H18N4O3. The second-order valence-electron chi connectivity index (χ2n) is 5.93. The summed E-state index contributed by atoms with van der Waals surface area (Å²) in [5.74, 6) is -0.242. The van der Waals surface area contributed by atoms with Crippen molar-refractivity contribution in [3.8, 4) is 6.07 Å². The summed E-state index contributed by atoms with van der Waals surface area (Å²) in [7, 11) is 0. The van der Waals surface area contributed by atoms with Gasteiger partial charge in [0.1, 0.15) is 12.6 Å². The Balaban J connectivity index is 1.57. The summed E-state index contributed by atoms with van der Waals surface area (Å²) in [5.41, 5.74) is 2.40. The summed E-state index contributed by atoms with van der Waals surface area (Å²) in [5, 5.41) is 11.7. The Morgan fingerprint density at radius 1 is 1.31 bits per heavy atom. The lowest BCUT2D eigenvalue weighted by Gasteiger charge is -2.21. The number of benzene rings is 1. The van der Waals surface area contributed by atoms with Crippen molar-refractivity contribution in [2.24, 2.45) is 0 Å². The maximum absolute atomic E-state index is 12.4. The van der Waals surface area contributed by atoms with Gasteiger partial charge in [0, 0.05) is 18.9 Å². The summed E-state index contributed by atoms with van der Waals surface area (Å²) in [6.07, 6.45) is 3.61. The average molecular weight is 350 g/mol. The minimum Gasteiger partial charge on any atom is -0.447 e. The van der Waals surface area contributed by atoms with Crippen molar-refractivity contribution in [1.29, 1.82) is 5.26 Å². The van der Waals surface area contributed by atoms with Crippen LogP contribution in [0.5, 0.6) is 0 Å². The number of cyclic esters (lactones) is 1. The number of nitriles is 1. The van der Waals surface area contributed by atoms with E-state index in [1.54, 1.807) is 36.7 Å². The van der Waals surface area contributed by atoms with Gasteiger partial charge in [0.05, 0.1) is 18.2 Å². The molecule has 0 unspecified atom stereocenters. The molecule has 2 amide bonds. The molecule has 1 aromatic heterocycles. The first kappa shape index (κ1) is 17.4. The molecule has 0 aliphatic carbocycles. The van der Waals surface area contributed by atoms with Crippen LogP contribution < -0.4 is 5.32 Å². The Hall–Kier alpha value is -3.40. The number of aromatic nitrogens is 1. The molecule has 7 nitrogen and oxygen atoms in total. The molecule has 1 aromatic carbocycles. The van der Waals surface area contributed by atoms with E-state index in [1.165, 1.54) is 4.90 Å². The largest absolute Gasteiger partial charge is 0.447 e. The summed E-state index contributed by atoms with van der Waals surface area (Å²) in [6.45, 7) is 0.749. The summed E-state index contributed by atoms with van der Waals surface area (Å²) in [6, 6.07) is 12.1. The monoisotopic (exact) mass is 350 g/mol. The van der Waals surface area contributed by atoms with Gasteiger partial charge in [-0.25, -0.2) is 4.79 Å². The molecule has 1 atom stereocenters. The minimum absolute atomic E-state index is 0.0356. The molecular weight excluding hydrogens is 332 g/mol. The fourth-order valence-corrected chi connectivity index (χ4v) is 2.72. The third kappa shape index (κ3) is 4.16. The van der Waals surface area contributed by atoms with E-state index >= 15 is 0 Å². The lowest BCUT2D eigenvalue weighted by Crippen LogP contribution is -2.45. The number of ether oxygens (including phenoxy) is 1. The van der Waals surface area contributed by atoms with E-state index in [4.69, 9.17) is 10.00 Å². The molecule has 26 heavy (non-hydrogen) atoms. The first-order chi connectivity index (χ1) is 12.7.